The second-order valence-corrected chi connectivity index (χ2v) is 5.29. The number of aliphatic hydroxyl groups excluding tert-OH is 1. The van der Waals surface area contributed by atoms with Gasteiger partial charge in [0.25, 0.3) is 0 Å². The molecular formula is C16H24N2O2. The molecule has 0 atom stereocenters. The summed E-state index contributed by atoms with van der Waals surface area (Å²) in [5.74, 6) is 0. The zero-order valence-electron chi connectivity index (χ0n) is 12.2. The van der Waals surface area contributed by atoms with Crippen LogP contribution in [0, 0.1) is 0 Å². The molecular weight excluding hydrogens is 252 g/mol. The van der Waals surface area contributed by atoms with Crippen LogP contribution < -0.4 is 5.32 Å². The highest BCUT2D eigenvalue weighted by molar-refractivity contribution is 5.90. The summed E-state index contributed by atoms with van der Waals surface area (Å²) in [6, 6.07) is 6.03. The molecule has 2 amide bonds. The number of urea groups is 1. The van der Waals surface area contributed by atoms with E-state index in [2.05, 4.69) is 11.4 Å². The first-order valence-electron chi connectivity index (χ1n) is 7.53. The van der Waals surface area contributed by atoms with Crippen molar-refractivity contribution in [2.45, 2.75) is 39.0 Å². The summed E-state index contributed by atoms with van der Waals surface area (Å²) in [6.07, 6.45) is 5.46. The third-order valence-electron chi connectivity index (χ3n) is 3.79. The number of nitrogens with one attached hydrogen (secondary N) is 1. The minimum atomic E-state index is -0.111. The van der Waals surface area contributed by atoms with Crippen molar-refractivity contribution in [3.63, 3.8) is 0 Å². The van der Waals surface area contributed by atoms with E-state index in [9.17, 15) is 4.79 Å². The number of carbonyl (C=O) groups excluding carboxylic acids is 1. The van der Waals surface area contributed by atoms with Crippen molar-refractivity contribution in [2.75, 3.05) is 25.0 Å². The molecule has 0 fully saturated rings. The molecule has 4 nitrogen and oxygen atoms in total. The standard InChI is InChI=1S/C16H24N2O2/c1-2-10-18(11-12-19)16(20)17-15-9-5-7-13-6-3-4-8-14(13)15/h5,7,9,19H,2-4,6,8,10-12H2,1H3,(H,17,20). The van der Waals surface area contributed by atoms with E-state index < -0.39 is 0 Å². The van der Waals surface area contributed by atoms with E-state index in [-0.39, 0.29) is 12.6 Å². The van der Waals surface area contributed by atoms with Gasteiger partial charge in [0.1, 0.15) is 0 Å². The summed E-state index contributed by atoms with van der Waals surface area (Å²) >= 11 is 0. The van der Waals surface area contributed by atoms with Gasteiger partial charge in [-0.3, -0.25) is 0 Å². The lowest BCUT2D eigenvalue weighted by atomic mass is 9.90. The number of nitrogens with zero attached hydrogens (tertiary/aromatic N) is 1. The molecule has 1 aliphatic carbocycles. The van der Waals surface area contributed by atoms with Crippen LogP contribution in [0.5, 0.6) is 0 Å². The van der Waals surface area contributed by atoms with Gasteiger partial charge in [-0.05, 0) is 49.3 Å². The highest BCUT2D eigenvalue weighted by Gasteiger charge is 2.17. The number of rotatable bonds is 5. The molecule has 4 heteroatoms. The molecule has 20 heavy (non-hydrogen) atoms. The topological polar surface area (TPSA) is 52.6 Å². The Balaban J connectivity index is 2.10. The summed E-state index contributed by atoms with van der Waals surface area (Å²) in [5, 5.41) is 12.1. The second-order valence-electron chi connectivity index (χ2n) is 5.29. The van der Waals surface area contributed by atoms with Crippen LogP contribution >= 0.6 is 0 Å². The van der Waals surface area contributed by atoms with E-state index in [1.165, 1.54) is 24.0 Å². The van der Waals surface area contributed by atoms with Crippen molar-refractivity contribution in [3.8, 4) is 0 Å². The fourth-order valence-electron chi connectivity index (χ4n) is 2.80. The number of hydrogen-bond donors (Lipinski definition) is 2. The second kappa shape index (κ2) is 7.29. The van der Waals surface area contributed by atoms with Gasteiger partial charge in [-0.1, -0.05) is 19.1 Å². The van der Waals surface area contributed by atoms with Gasteiger partial charge in [-0.25, -0.2) is 4.79 Å². The largest absolute Gasteiger partial charge is 0.395 e. The van der Waals surface area contributed by atoms with Gasteiger partial charge in [-0.2, -0.15) is 0 Å². The molecule has 0 aromatic heterocycles. The smallest absolute Gasteiger partial charge is 0.321 e. The molecule has 1 aliphatic rings. The predicted octanol–water partition coefficient (Wildman–Crippen LogP) is 2.80. The van der Waals surface area contributed by atoms with E-state index >= 15 is 0 Å². The lowest BCUT2D eigenvalue weighted by molar-refractivity contribution is 0.188. The Hall–Kier alpha value is -1.55. The summed E-state index contributed by atoms with van der Waals surface area (Å²) in [5.41, 5.74) is 3.58. The number of hydrogen-bond acceptors (Lipinski definition) is 2. The quantitative estimate of drug-likeness (QED) is 0.869. The van der Waals surface area contributed by atoms with E-state index in [1.54, 1.807) is 4.90 Å². The maximum absolute atomic E-state index is 12.3. The SMILES string of the molecule is CCCN(CCO)C(=O)Nc1cccc2c1CCCC2. The summed E-state index contributed by atoms with van der Waals surface area (Å²) in [4.78, 5) is 14.0. The highest BCUT2D eigenvalue weighted by Crippen LogP contribution is 2.27. The number of aliphatic hydroxyl groups is 1. The Morgan fingerprint density at radius 1 is 1.30 bits per heavy atom. The normalized spacial score (nSPS) is 13.7. The van der Waals surface area contributed by atoms with Crippen LogP contribution in [0.2, 0.25) is 0 Å². The summed E-state index contributed by atoms with van der Waals surface area (Å²) in [6.45, 7) is 3.08. The van der Waals surface area contributed by atoms with E-state index in [4.69, 9.17) is 5.11 Å². The molecule has 2 N–H and O–H groups in total. The van der Waals surface area contributed by atoms with Crippen molar-refractivity contribution < 1.29 is 9.90 Å². The number of anilines is 1. The number of aryl methyl sites for hydroxylation is 1. The molecule has 1 aromatic carbocycles. The molecule has 0 radical (unpaired) electrons. The maximum atomic E-state index is 12.3. The third kappa shape index (κ3) is 3.51. The Labute approximate surface area is 120 Å². The molecule has 0 bridgehead atoms. The number of amides is 2. The Kier molecular flexibility index (Phi) is 5.41. The van der Waals surface area contributed by atoms with Crippen LogP contribution in [-0.2, 0) is 12.8 Å². The minimum Gasteiger partial charge on any atom is -0.395 e. The minimum absolute atomic E-state index is 0.000314. The van der Waals surface area contributed by atoms with Crippen LogP contribution in [0.15, 0.2) is 18.2 Å². The van der Waals surface area contributed by atoms with E-state index in [0.29, 0.717) is 13.1 Å². The maximum Gasteiger partial charge on any atom is 0.321 e. The van der Waals surface area contributed by atoms with Crippen LogP contribution in [0.3, 0.4) is 0 Å². The zero-order valence-corrected chi connectivity index (χ0v) is 12.2. The van der Waals surface area contributed by atoms with Crippen LogP contribution in [0.25, 0.3) is 0 Å². The molecule has 0 saturated carbocycles. The summed E-state index contributed by atoms with van der Waals surface area (Å²) in [7, 11) is 0. The molecule has 0 saturated heterocycles. The monoisotopic (exact) mass is 276 g/mol. The third-order valence-corrected chi connectivity index (χ3v) is 3.79. The van der Waals surface area contributed by atoms with Gasteiger partial charge in [-0.15, -0.1) is 0 Å². The number of fused-ring (bicyclic) bond motifs is 1. The Bertz CT molecular complexity index is 454. The number of benzene rings is 1. The van der Waals surface area contributed by atoms with Crippen molar-refractivity contribution in [2.24, 2.45) is 0 Å². The Morgan fingerprint density at radius 2 is 2.10 bits per heavy atom. The fraction of sp³-hybridized carbons (Fsp3) is 0.562. The van der Waals surface area contributed by atoms with Crippen molar-refractivity contribution >= 4 is 11.7 Å². The Morgan fingerprint density at radius 3 is 2.85 bits per heavy atom. The summed E-state index contributed by atoms with van der Waals surface area (Å²) < 4.78 is 0. The predicted molar refractivity (Wildman–Crippen MR) is 81.1 cm³/mol. The van der Waals surface area contributed by atoms with Crippen molar-refractivity contribution in [1.29, 1.82) is 0 Å². The van der Waals surface area contributed by atoms with Crippen LogP contribution in [0.4, 0.5) is 10.5 Å². The zero-order chi connectivity index (χ0) is 14.4. The molecule has 0 unspecified atom stereocenters. The highest BCUT2D eigenvalue weighted by atomic mass is 16.3. The number of carbonyl (C=O) groups is 1. The molecule has 2 rings (SSSR count). The van der Waals surface area contributed by atoms with E-state index in [0.717, 1.165) is 24.9 Å². The van der Waals surface area contributed by atoms with Crippen molar-refractivity contribution in [3.05, 3.63) is 29.3 Å². The first-order chi connectivity index (χ1) is 9.76. The molecule has 110 valence electrons. The fourth-order valence-corrected chi connectivity index (χ4v) is 2.80. The first-order valence-corrected chi connectivity index (χ1v) is 7.53. The van der Waals surface area contributed by atoms with Gasteiger partial charge < -0.3 is 15.3 Å². The first kappa shape index (κ1) is 14.9. The van der Waals surface area contributed by atoms with Gasteiger partial charge in [0.2, 0.25) is 0 Å². The van der Waals surface area contributed by atoms with E-state index in [1.807, 2.05) is 19.1 Å². The molecule has 0 heterocycles. The van der Waals surface area contributed by atoms with Crippen molar-refractivity contribution in [1.82, 2.24) is 4.90 Å². The average molecular weight is 276 g/mol. The average Bonchev–Trinajstić information content (AvgIpc) is 2.47. The van der Waals surface area contributed by atoms with Gasteiger partial charge in [0.05, 0.1) is 6.61 Å². The molecule has 1 aromatic rings. The molecule has 0 spiro atoms. The van der Waals surface area contributed by atoms with Crippen LogP contribution in [-0.4, -0.2) is 35.7 Å². The lowest BCUT2D eigenvalue weighted by Crippen LogP contribution is -2.37. The lowest BCUT2D eigenvalue weighted by Gasteiger charge is -2.24. The van der Waals surface area contributed by atoms with Gasteiger partial charge in [0, 0.05) is 18.8 Å². The van der Waals surface area contributed by atoms with Gasteiger partial charge >= 0.3 is 6.03 Å². The molecule has 0 aliphatic heterocycles. The van der Waals surface area contributed by atoms with Gasteiger partial charge in [0.15, 0.2) is 0 Å². The van der Waals surface area contributed by atoms with Crippen LogP contribution in [0.1, 0.15) is 37.3 Å².